The van der Waals surface area contributed by atoms with Crippen LogP contribution in [-0.2, 0) is 0 Å². The fourth-order valence-electron chi connectivity index (χ4n) is 1.63. The van der Waals surface area contributed by atoms with Gasteiger partial charge in [0.15, 0.2) is 12.0 Å². The van der Waals surface area contributed by atoms with Crippen LogP contribution in [-0.4, -0.2) is 30.5 Å². The minimum absolute atomic E-state index is 0.0926. The summed E-state index contributed by atoms with van der Waals surface area (Å²) in [5.41, 5.74) is 1.28. The number of amides is 1. The van der Waals surface area contributed by atoms with E-state index in [0.29, 0.717) is 17.6 Å². The van der Waals surface area contributed by atoms with Gasteiger partial charge in [0, 0.05) is 17.7 Å². The van der Waals surface area contributed by atoms with E-state index in [0.717, 1.165) is 5.56 Å². The number of nitrogens with one attached hydrogen (secondary N) is 1. The predicted molar refractivity (Wildman–Crippen MR) is 69.0 cm³/mol. The van der Waals surface area contributed by atoms with E-state index in [2.05, 4.69) is 5.32 Å². The molecule has 5 heteroatoms. The van der Waals surface area contributed by atoms with Gasteiger partial charge in [0.1, 0.15) is 5.76 Å². The molecule has 0 unspecified atom stereocenters. The average molecular weight is 259 g/mol. The van der Waals surface area contributed by atoms with Gasteiger partial charge < -0.3 is 14.8 Å². The molecule has 1 aromatic carbocycles. The van der Waals surface area contributed by atoms with E-state index in [1.807, 2.05) is 0 Å². The molecule has 2 rings (SSSR count). The van der Waals surface area contributed by atoms with Crippen LogP contribution in [0.15, 0.2) is 40.8 Å². The number of hydrogen-bond acceptors (Lipinski definition) is 4. The molecule has 1 amide bonds. The van der Waals surface area contributed by atoms with Crippen LogP contribution in [0.2, 0.25) is 0 Å². The number of rotatable bonds is 5. The van der Waals surface area contributed by atoms with Gasteiger partial charge in [-0.2, -0.15) is 0 Å². The zero-order valence-electron chi connectivity index (χ0n) is 10.1. The van der Waals surface area contributed by atoms with E-state index < -0.39 is 0 Å². The Hall–Kier alpha value is -2.40. The molecule has 0 saturated carbocycles. The fraction of sp³-hybridized carbons (Fsp3) is 0.143. The molecule has 19 heavy (non-hydrogen) atoms. The van der Waals surface area contributed by atoms with Crippen molar-refractivity contribution in [1.82, 2.24) is 5.32 Å². The highest BCUT2D eigenvalue weighted by molar-refractivity contribution is 5.94. The minimum Gasteiger partial charge on any atom is -0.453 e. The van der Waals surface area contributed by atoms with Gasteiger partial charge in [0.05, 0.1) is 6.61 Å². The largest absolute Gasteiger partial charge is 0.453 e. The summed E-state index contributed by atoms with van der Waals surface area (Å²) in [5, 5.41) is 11.2. The molecule has 0 aliphatic carbocycles. The van der Waals surface area contributed by atoms with Crippen molar-refractivity contribution in [1.29, 1.82) is 0 Å². The minimum atomic E-state index is -0.242. The molecular formula is C14H13NO4. The van der Waals surface area contributed by atoms with Gasteiger partial charge in [-0.15, -0.1) is 0 Å². The fourth-order valence-corrected chi connectivity index (χ4v) is 1.63. The highest BCUT2D eigenvalue weighted by atomic mass is 16.3. The van der Waals surface area contributed by atoms with Crippen LogP contribution in [0.1, 0.15) is 20.9 Å². The Morgan fingerprint density at radius 2 is 1.95 bits per heavy atom. The second-order valence-corrected chi connectivity index (χ2v) is 3.88. The van der Waals surface area contributed by atoms with Crippen molar-refractivity contribution in [3.05, 3.63) is 47.7 Å². The standard InChI is InChI=1S/C14H13NO4/c16-8-7-15-14(18)11-3-1-10(2-4-11)13-6-5-12(9-17)19-13/h1-6,9,16H,7-8H2,(H,15,18). The van der Waals surface area contributed by atoms with Crippen molar-refractivity contribution in [2.45, 2.75) is 0 Å². The third-order valence-electron chi connectivity index (χ3n) is 2.57. The summed E-state index contributed by atoms with van der Waals surface area (Å²) >= 11 is 0. The first-order valence-electron chi connectivity index (χ1n) is 5.79. The average Bonchev–Trinajstić information content (AvgIpc) is 2.94. The molecule has 1 heterocycles. The third-order valence-corrected chi connectivity index (χ3v) is 2.57. The Morgan fingerprint density at radius 1 is 1.21 bits per heavy atom. The summed E-state index contributed by atoms with van der Waals surface area (Å²) in [4.78, 5) is 22.1. The molecule has 0 aliphatic heterocycles. The predicted octanol–water partition coefficient (Wildman–Crippen LogP) is 1.48. The summed E-state index contributed by atoms with van der Waals surface area (Å²) in [6.07, 6.45) is 0.639. The molecule has 1 aromatic heterocycles. The van der Waals surface area contributed by atoms with Crippen LogP contribution >= 0.6 is 0 Å². The Labute approximate surface area is 109 Å². The lowest BCUT2D eigenvalue weighted by atomic mass is 10.1. The number of carbonyl (C=O) groups excluding carboxylic acids is 2. The van der Waals surface area contributed by atoms with Crippen LogP contribution < -0.4 is 5.32 Å². The molecule has 0 fully saturated rings. The van der Waals surface area contributed by atoms with E-state index in [1.165, 1.54) is 0 Å². The van der Waals surface area contributed by atoms with Crippen molar-refractivity contribution in [3.8, 4) is 11.3 Å². The van der Waals surface area contributed by atoms with Crippen molar-refractivity contribution >= 4 is 12.2 Å². The van der Waals surface area contributed by atoms with Crippen LogP contribution in [0.5, 0.6) is 0 Å². The van der Waals surface area contributed by atoms with Crippen molar-refractivity contribution in [3.63, 3.8) is 0 Å². The molecule has 0 atom stereocenters. The first-order chi connectivity index (χ1) is 9.24. The van der Waals surface area contributed by atoms with Crippen LogP contribution in [0, 0.1) is 0 Å². The summed E-state index contributed by atoms with van der Waals surface area (Å²) in [5.74, 6) is 0.595. The molecule has 0 spiro atoms. The summed E-state index contributed by atoms with van der Waals surface area (Å²) in [6.45, 7) is 0.131. The first-order valence-corrected chi connectivity index (χ1v) is 5.79. The molecule has 0 saturated heterocycles. The summed E-state index contributed by atoms with van der Waals surface area (Å²) in [6, 6.07) is 10.1. The Balaban J connectivity index is 2.13. The molecule has 98 valence electrons. The smallest absolute Gasteiger partial charge is 0.251 e. The van der Waals surface area contributed by atoms with Crippen molar-refractivity contribution < 1.29 is 19.1 Å². The summed E-state index contributed by atoms with van der Waals surface area (Å²) in [7, 11) is 0. The number of hydrogen-bond donors (Lipinski definition) is 2. The quantitative estimate of drug-likeness (QED) is 0.797. The van der Waals surface area contributed by atoms with Gasteiger partial charge in [0.2, 0.25) is 0 Å². The Morgan fingerprint density at radius 3 is 2.53 bits per heavy atom. The normalized spacial score (nSPS) is 10.2. The maximum absolute atomic E-state index is 11.6. The molecular weight excluding hydrogens is 246 g/mol. The van der Waals surface area contributed by atoms with Gasteiger partial charge in [-0.05, 0) is 24.3 Å². The zero-order valence-corrected chi connectivity index (χ0v) is 10.1. The van der Waals surface area contributed by atoms with Crippen molar-refractivity contribution in [2.24, 2.45) is 0 Å². The number of aliphatic hydroxyl groups excluding tert-OH is 1. The first kappa shape index (κ1) is 13.0. The van der Waals surface area contributed by atoms with Gasteiger partial charge in [-0.3, -0.25) is 9.59 Å². The highest BCUT2D eigenvalue weighted by Crippen LogP contribution is 2.21. The SMILES string of the molecule is O=Cc1ccc(-c2ccc(C(=O)NCCO)cc2)o1. The number of carbonyl (C=O) groups is 2. The molecule has 0 radical (unpaired) electrons. The van der Waals surface area contributed by atoms with Gasteiger partial charge in [0.25, 0.3) is 5.91 Å². The zero-order chi connectivity index (χ0) is 13.7. The van der Waals surface area contributed by atoms with E-state index >= 15 is 0 Å². The van der Waals surface area contributed by atoms with Gasteiger partial charge >= 0.3 is 0 Å². The molecule has 2 aromatic rings. The third kappa shape index (κ3) is 3.08. The number of aliphatic hydroxyl groups is 1. The lowest BCUT2D eigenvalue weighted by Gasteiger charge is -2.03. The van der Waals surface area contributed by atoms with Gasteiger partial charge in [-0.25, -0.2) is 0 Å². The van der Waals surface area contributed by atoms with E-state index in [1.54, 1.807) is 36.4 Å². The van der Waals surface area contributed by atoms with Crippen LogP contribution in [0.3, 0.4) is 0 Å². The maximum Gasteiger partial charge on any atom is 0.251 e. The monoisotopic (exact) mass is 259 g/mol. The van der Waals surface area contributed by atoms with E-state index in [4.69, 9.17) is 9.52 Å². The Kier molecular flexibility index (Phi) is 4.10. The molecule has 0 bridgehead atoms. The maximum atomic E-state index is 11.6. The number of benzene rings is 1. The topological polar surface area (TPSA) is 79.5 Å². The second kappa shape index (κ2) is 5.97. The second-order valence-electron chi connectivity index (χ2n) is 3.88. The molecule has 5 nitrogen and oxygen atoms in total. The highest BCUT2D eigenvalue weighted by Gasteiger charge is 2.07. The number of furan rings is 1. The van der Waals surface area contributed by atoms with Crippen LogP contribution in [0.4, 0.5) is 0 Å². The Bertz CT molecular complexity index is 571. The summed E-state index contributed by atoms with van der Waals surface area (Å²) < 4.78 is 5.28. The molecule has 0 aliphatic rings. The number of aldehydes is 1. The van der Waals surface area contributed by atoms with E-state index in [9.17, 15) is 9.59 Å². The van der Waals surface area contributed by atoms with Gasteiger partial charge in [-0.1, -0.05) is 12.1 Å². The van der Waals surface area contributed by atoms with Crippen LogP contribution in [0.25, 0.3) is 11.3 Å². The lowest BCUT2D eigenvalue weighted by molar-refractivity contribution is 0.0944. The van der Waals surface area contributed by atoms with E-state index in [-0.39, 0.29) is 24.8 Å². The lowest BCUT2D eigenvalue weighted by Crippen LogP contribution is -2.26. The van der Waals surface area contributed by atoms with Crippen molar-refractivity contribution in [2.75, 3.05) is 13.2 Å². The molecule has 2 N–H and O–H groups in total.